The lowest BCUT2D eigenvalue weighted by Gasteiger charge is -2.28. The Morgan fingerprint density at radius 3 is 2.41 bits per heavy atom. The molecule has 1 aliphatic carbocycles. The summed E-state index contributed by atoms with van der Waals surface area (Å²) >= 11 is 1.86. The average molecular weight is 522 g/mol. The molecule has 10 heteroatoms. The number of phenols is 1. The Labute approximate surface area is 222 Å². The number of hydrogen-bond donors (Lipinski definition) is 5. The highest BCUT2D eigenvalue weighted by atomic mass is 32.2. The molecule has 9 nitrogen and oxygen atoms in total. The topological polar surface area (TPSA) is 124 Å². The second-order valence-corrected chi connectivity index (χ2v) is 10.2. The van der Waals surface area contributed by atoms with Gasteiger partial charge in [0.05, 0.1) is 0 Å². The molecule has 1 saturated carbocycles. The molecule has 5 N–H and O–H groups in total. The quantitative estimate of drug-likeness (QED) is 0.223. The third-order valence-corrected chi connectivity index (χ3v) is 7.41. The maximum absolute atomic E-state index is 12.6. The maximum Gasteiger partial charge on any atom is 0.229 e. The van der Waals surface area contributed by atoms with Crippen LogP contribution >= 0.6 is 11.8 Å². The molecule has 0 saturated heterocycles. The van der Waals surface area contributed by atoms with Gasteiger partial charge in [-0.25, -0.2) is 0 Å². The number of aromatic nitrogens is 3. The summed E-state index contributed by atoms with van der Waals surface area (Å²) < 4.78 is 0. The number of rotatable bonds is 12. The summed E-state index contributed by atoms with van der Waals surface area (Å²) in [5.41, 5.74) is 2.04. The van der Waals surface area contributed by atoms with Crippen LogP contribution < -0.4 is 21.3 Å². The SMILES string of the molecule is CNc1nc(NCCSCc2ccccc2)nc(NC2CCC(C(=O)NCc3ccccc3O)CC2)n1. The van der Waals surface area contributed by atoms with Crippen LogP contribution in [0.3, 0.4) is 0 Å². The average Bonchev–Trinajstić information content (AvgIpc) is 2.93. The fourth-order valence-electron chi connectivity index (χ4n) is 4.30. The Morgan fingerprint density at radius 2 is 1.65 bits per heavy atom. The molecule has 3 aromatic rings. The number of carbonyl (C=O) groups excluding carboxylic acids is 1. The van der Waals surface area contributed by atoms with Gasteiger partial charge >= 0.3 is 0 Å². The van der Waals surface area contributed by atoms with Gasteiger partial charge in [-0.15, -0.1) is 0 Å². The van der Waals surface area contributed by atoms with Crippen LogP contribution in [0.1, 0.15) is 36.8 Å². The number of carbonyl (C=O) groups is 1. The molecular weight excluding hydrogens is 486 g/mol. The number of thioether (sulfide) groups is 1. The van der Waals surface area contributed by atoms with Crippen molar-refractivity contribution in [2.45, 2.75) is 44.0 Å². The van der Waals surface area contributed by atoms with Gasteiger partial charge in [0.15, 0.2) is 0 Å². The number of nitrogens with zero attached hydrogens (tertiary/aromatic N) is 3. The number of nitrogens with one attached hydrogen (secondary N) is 4. The zero-order valence-electron chi connectivity index (χ0n) is 21.1. The van der Waals surface area contributed by atoms with Crippen molar-refractivity contribution in [3.05, 3.63) is 65.7 Å². The van der Waals surface area contributed by atoms with Crippen molar-refractivity contribution in [2.24, 2.45) is 5.92 Å². The molecule has 2 aromatic carbocycles. The van der Waals surface area contributed by atoms with E-state index in [2.05, 4.69) is 60.5 Å². The third-order valence-electron chi connectivity index (χ3n) is 6.38. The fourth-order valence-corrected chi connectivity index (χ4v) is 5.12. The second-order valence-electron chi connectivity index (χ2n) is 9.06. The largest absolute Gasteiger partial charge is 0.508 e. The molecule has 1 amide bonds. The van der Waals surface area contributed by atoms with Gasteiger partial charge in [-0.3, -0.25) is 4.79 Å². The monoisotopic (exact) mass is 521 g/mol. The van der Waals surface area contributed by atoms with E-state index in [1.807, 2.05) is 30.0 Å². The maximum atomic E-state index is 12.6. The molecule has 196 valence electrons. The minimum atomic E-state index is -0.0271. The molecule has 0 unspecified atom stereocenters. The summed E-state index contributed by atoms with van der Waals surface area (Å²) in [6.45, 7) is 1.09. The molecule has 0 aliphatic heterocycles. The van der Waals surface area contributed by atoms with Gasteiger partial charge in [0.1, 0.15) is 5.75 Å². The van der Waals surface area contributed by atoms with E-state index in [0.29, 0.717) is 24.4 Å². The van der Waals surface area contributed by atoms with Crippen LogP contribution in [0.4, 0.5) is 17.8 Å². The number of para-hydroxylation sites is 1. The molecule has 1 aliphatic rings. The van der Waals surface area contributed by atoms with Gasteiger partial charge in [-0.2, -0.15) is 26.7 Å². The number of phenolic OH excluding ortho intramolecular Hbond substituents is 1. The third kappa shape index (κ3) is 8.24. The molecule has 1 fully saturated rings. The van der Waals surface area contributed by atoms with Gasteiger partial charge in [-0.1, -0.05) is 48.5 Å². The number of aromatic hydroxyl groups is 1. The highest BCUT2D eigenvalue weighted by Crippen LogP contribution is 2.27. The lowest BCUT2D eigenvalue weighted by atomic mass is 9.85. The molecule has 0 spiro atoms. The Morgan fingerprint density at radius 1 is 0.946 bits per heavy atom. The number of benzene rings is 2. The molecule has 4 rings (SSSR count). The van der Waals surface area contributed by atoms with Crippen molar-refractivity contribution >= 4 is 35.5 Å². The first kappa shape index (κ1) is 26.5. The lowest BCUT2D eigenvalue weighted by Crippen LogP contribution is -2.36. The van der Waals surface area contributed by atoms with Crippen molar-refractivity contribution in [1.29, 1.82) is 0 Å². The molecule has 0 atom stereocenters. The molecule has 37 heavy (non-hydrogen) atoms. The molecule has 0 bridgehead atoms. The fraction of sp³-hybridized carbons (Fsp3) is 0.407. The van der Waals surface area contributed by atoms with E-state index in [0.717, 1.165) is 49.3 Å². The van der Waals surface area contributed by atoms with Gasteiger partial charge in [0, 0.05) is 49.2 Å². The summed E-state index contributed by atoms with van der Waals surface area (Å²) in [6, 6.07) is 17.7. The van der Waals surface area contributed by atoms with Crippen LogP contribution in [-0.2, 0) is 17.1 Å². The van der Waals surface area contributed by atoms with Gasteiger partial charge in [0.25, 0.3) is 0 Å². The van der Waals surface area contributed by atoms with Crippen molar-refractivity contribution < 1.29 is 9.90 Å². The van der Waals surface area contributed by atoms with Crippen LogP contribution in [0.15, 0.2) is 54.6 Å². The number of anilines is 3. The summed E-state index contributed by atoms with van der Waals surface area (Å²) in [7, 11) is 1.79. The normalized spacial score (nSPS) is 17.1. The zero-order chi connectivity index (χ0) is 25.9. The molecule has 1 aromatic heterocycles. The van der Waals surface area contributed by atoms with Gasteiger partial charge in [-0.05, 0) is 37.3 Å². The van der Waals surface area contributed by atoms with Crippen LogP contribution in [0.25, 0.3) is 0 Å². The van der Waals surface area contributed by atoms with E-state index < -0.39 is 0 Å². The van der Waals surface area contributed by atoms with Crippen molar-refractivity contribution in [3.63, 3.8) is 0 Å². The smallest absolute Gasteiger partial charge is 0.229 e. The van der Waals surface area contributed by atoms with Crippen LogP contribution in [0, 0.1) is 5.92 Å². The van der Waals surface area contributed by atoms with Crippen LogP contribution in [-0.4, -0.2) is 51.4 Å². The zero-order valence-corrected chi connectivity index (χ0v) is 21.9. The predicted octanol–water partition coefficient (Wildman–Crippen LogP) is 4.25. The minimum Gasteiger partial charge on any atom is -0.508 e. The summed E-state index contributed by atoms with van der Waals surface area (Å²) in [5.74, 6) is 3.71. The van der Waals surface area contributed by atoms with Crippen LogP contribution in [0.2, 0.25) is 0 Å². The van der Waals surface area contributed by atoms with Crippen molar-refractivity contribution in [1.82, 2.24) is 20.3 Å². The van der Waals surface area contributed by atoms with E-state index in [9.17, 15) is 9.90 Å². The van der Waals surface area contributed by atoms with E-state index in [-0.39, 0.29) is 23.6 Å². The molecule has 1 heterocycles. The predicted molar refractivity (Wildman–Crippen MR) is 150 cm³/mol. The first-order valence-corrected chi connectivity index (χ1v) is 13.9. The summed E-state index contributed by atoms with van der Waals surface area (Å²) in [5, 5.41) is 22.6. The van der Waals surface area contributed by atoms with E-state index in [1.165, 1.54) is 5.56 Å². The highest BCUT2D eigenvalue weighted by molar-refractivity contribution is 7.98. The Balaban J connectivity index is 1.21. The lowest BCUT2D eigenvalue weighted by molar-refractivity contribution is -0.126. The first-order valence-electron chi connectivity index (χ1n) is 12.7. The van der Waals surface area contributed by atoms with E-state index in [1.54, 1.807) is 19.2 Å². The van der Waals surface area contributed by atoms with E-state index in [4.69, 9.17) is 0 Å². The van der Waals surface area contributed by atoms with Crippen molar-refractivity contribution in [2.75, 3.05) is 35.3 Å². The summed E-state index contributed by atoms with van der Waals surface area (Å²) in [4.78, 5) is 26.1. The molecular formula is C27H35N7O2S. The first-order chi connectivity index (χ1) is 18.1. The number of amides is 1. The summed E-state index contributed by atoms with van der Waals surface area (Å²) in [6.07, 6.45) is 3.29. The number of hydrogen-bond acceptors (Lipinski definition) is 9. The minimum absolute atomic E-state index is 0.0271. The second kappa shape index (κ2) is 13.7. The highest BCUT2D eigenvalue weighted by Gasteiger charge is 2.27. The van der Waals surface area contributed by atoms with Gasteiger partial charge in [0.2, 0.25) is 23.8 Å². The Bertz CT molecular complexity index is 1140. The Kier molecular flexibility index (Phi) is 9.81. The van der Waals surface area contributed by atoms with E-state index >= 15 is 0 Å². The van der Waals surface area contributed by atoms with Crippen LogP contribution in [0.5, 0.6) is 5.75 Å². The standard InChI is InChI=1S/C27H35N7O2S/c1-28-25-32-26(29-15-16-37-18-19-7-3-2-4-8-19)34-27(33-25)31-22-13-11-20(12-14-22)24(36)30-17-21-9-5-6-10-23(21)35/h2-10,20,22,35H,11-18H2,1H3,(H,30,36)(H3,28,29,31,32,33,34). The van der Waals surface area contributed by atoms with Crippen molar-refractivity contribution in [3.8, 4) is 5.75 Å². The van der Waals surface area contributed by atoms with Gasteiger partial charge < -0.3 is 26.4 Å². The Hall–Kier alpha value is -3.53. The molecule has 0 radical (unpaired) electrons.